The van der Waals surface area contributed by atoms with Crippen LogP contribution in [0.1, 0.15) is 27.0 Å². The van der Waals surface area contributed by atoms with Gasteiger partial charge in [0.25, 0.3) is 5.91 Å². The van der Waals surface area contributed by atoms with Crippen molar-refractivity contribution in [2.75, 3.05) is 7.11 Å². The maximum absolute atomic E-state index is 12.6. The molecule has 2 aromatic heterocycles. The first-order chi connectivity index (χ1) is 17.7. The molecule has 0 fully saturated rings. The molecule has 2 heterocycles. The number of thioether (sulfide) groups is 1. The molecule has 0 saturated carbocycles. The Morgan fingerprint density at radius 2 is 1.72 bits per heavy atom. The lowest BCUT2D eigenvalue weighted by atomic mass is 10.1. The molecule has 6 nitrogen and oxygen atoms in total. The predicted octanol–water partition coefficient (Wildman–Crippen LogP) is 5.71. The van der Waals surface area contributed by atoms with E-state index in [9.17, 15) is 4.79 Å². The largest absolute Gasteiger partial charge is 0.497 e. The summed E-state index contributed by atoms with van der Waals surface area (Å²) >= 11 is 1.67. The normalized spacial score (nSPS) is 10.9. The number of methoxy groups -OCH3 is 1. The number of amides is 1. The number of ether oxygens (including phenoxy) is 1. The molecule has 3 aromatic carbocycles. The molecule has 180 valence electrons. The Hall–Kier alpha value is -4.10. The highest BCUT2D eigenvalue weighted by atomic mass is 32.2. The third kappa shape index (κ3) is 5.58. The van der Waals surface area contributed by atoms with Crippen LogP contribution in [0.4, 0.5) is 0 Å². The fourth-order valence-electron chi connectivity index (χ4n) is 3.92. The Bertz CT molecular complexity index is 1470. The molecular formula is C29H26N4O2S. The van der Waals surface area contributed by atoms with E-state index in [0.717, 1.165) is 38.9 Å². The standard InChI is InChI=1S/C29H26N4O2S/c1-35-25-10-5-9-23(17-25)18-31-28(34)24-14-12-22(13-15-24)20-36-29-32-26-11-6-16-30-27(26)33(29)19-21-7-3-2-4-8-21/h2-17H,18-20H2,1H3,(H,31,34). The fraction of sp³-hybridized carbons (Fsp3) is 0.138. The lowest BCUT2D eigenvalue weighted by molar-refractivity contribution is 0.0951. The molecule has 0 spiro atoms. The second kappa shape index (κ2) is 11.1. The van der Waals surface area contributed by atoms with E-state index in [1.165, 1.54) is 5.56 Å². The van der Waals surface area contributed by atoms with E-state index in [4.69, 9.17) is 9.72 Å². The zero-order valence-corrected chi connectivity index (χ0v) is 20.7. The zero-order chi connectivity index (χ0) is 24.7. The van der Waals surface area contributed by atoms with Gasteiger partial charge in [-0.15, -0.1) is 0 Å². The molecule has 0 unspecified atom stereocenters. The number of nitrogens with one attached hydrogen (secondary N) is 1. The molecule has 0 aliphatic heterocycles. The summed E-state index contributed by atoms with van der Waals surface area (Å²) in [4.78, 5) is 22.0. The highest BCUT2D eigenvalue weighted by molar-refractivity contribution is 7.98. The number of carbonyl (C=O) groups excluding carboxylic acids is 1. The smallest absolute Gasteiger partial charge is 0.251 e. The van der Waals surface area contributed by atoms with E-state index < -0.39 is 0 Å². The van der Waals surface area contributed by atoms with Gasteiger partial charge in [0.1, 0.15) is 11.3 Å². The molecule has 7 heteroatoms. The van der Waals surface area contributed by atoms with E-state index >= 15 is 0 Å². The van der Waals surface area contributed by atoms with Gasteiger partial charge in [-0.25, -0.2) is 9.97 Å². The Balaban J connectivity index is 1.24. The van der Waals surface area contributed by atoms with E-state index in [-0.39, 0.29) is 5.91 Å². The van der Waals surface area contributed by atoms with Crippen molar-refractivity contribution in [1.29, 1.82) is 0 Å². The number of aromatic nitrogens is 3. The van der Waals surface area contributed by atoms with E-state index in [1.54, 1.807) is 25.1 Å². The lowest BCUT2D eigenvalue weighted by Gasteiger charge is -2.09. The van der Waals surface area contributed by atoms with Crippen LogP contribution in [0.15, 0.2) is 102 Å². The van der Waals surface area contributed by atoms with Crippen molar-refractivity contribution in [2.24, 2.45) is 0 Å². The first kappa shape index (κ1) is 23.6. The minimum atomic E-state index is -0.104. The average molecular weight is 495 g/mol. The van der Waals surface area contributed by atoms with Crippen molar-refractivity contribution >= 4 is 28.8 Å². The number of benzene rings is 3. The fourth-order valence-corrected chi connectivity index (χ4v) is 4.88. The molecule has 0 saturated heterocycles. The van der Waals surface area contributed by atoms with Gasteiger partial charge >= 0.3 is 0 Å². The van der Waals surface area contributed by atoms with Crippen molar-refractivity contribution in [3.8, 4) is 5.75 Å². The Kier molecular flexibility index (Phi) is 7.28. The van der Waals surface area contributed by atoms with Gasteiger partial charge in [0.15, 0.2) is 10.8 Å². The molecule has 5 aromatic rings. The third-order valence-electron chi connectivity index (χ3n) is 5.82. The number of nitrogens with zero attached hydrogens (tertiary/aromatic N) is 3. The summed E-state index contributed by atoms with van der Waals surface area (Å²) in [7, 11) is 1.63. The average Bonchev–Trinajstić information content (AvgIpc) is 3.28. The maximum atomic E-state index is 12.6. The van der Waals surface area contributed by atoms with Crippen molar-refractivity contribution in [2.45, 2.75) is 24.0 Å². The predicted molar refractivity (Wildman–Crippen MR) is 143 cm³/mol. The van der Waals surface area contributed by atoms with Gasteiger partial charge in [0.05, 0.1) is 13.7 Å². The van der Waals surface area contributed by atoms with Crippen molar-refractivity contribution in [3.05, 3.63) is 119 Å². The first-order valence-electron chi connectivity index (χ1n) is 11.7. The van der Waals surface area contributed by atoms with Gasteiger partial charge in [-0.3, -0.25) is 9.36 Å². The number of pyridine rings is 1. The summed E-state index contributed by atoms with van der Waals surface area (Å²) in [5.74, 6) is 1.41. The molecule has 0 aliphatic carbocycles. The number of rotatable bonds is 9. The number of hydrogen-bond donors (Lipinski definition) is 1. The van der Waals surface area contributed by atoms with Gasteiger partial charge in [-0.1, -0.05) is 66.4 Å². The topological polar surface area (TPSA) is 69.0 Å². The highest BCUT2D eigenvalue weighted by Crippen LogP contribution is 2.27. The molecule has 36 heavy (non-hydrogen) atoms. The van der Waals surface area contributed by atoms with Gasteiger partial charge < -0.3 is 10.1 Å². The number of hydrogen-bond acceptors (Lipinski definition) is 5. The third-order valence-corrected chi connectivity index (χ3v) is 6.87. The van der Waals surface area contributed by atoms with Gasteiger partial charge in [0.2, 0.25) is 0 Å². The molecule has 5 rings (SSSR count). The van der Waals surface area contributed by atoms with Crippen LogP contribution in [0.2, 0.25) is 0 Å². The van der Waals surface area contributed by atoms with Gasteiger partial charge in [-0.2, -0.15) is 0 Å². The SMILES string of the molecule is COc1cccc(CNC(=O)c2ccc(CSc3nc4cccnc4n3Cc3ccccc3)cc2)c1. The van der Waals surface area contributed by atoms with Crippen LogP contribution in [0.3, 0.4) is 0 Å². The number of fused-ring (bicyclic) bond motifs is 1. The molecular weight excluding hydrogens is 468 g/mol. The second-order valence-electron chi connectivity index (χ2n) is 8.33. The summed E-state index contributed by atoms with van der Waals surface area (Å²) < 4.78 is 7.41. The summed E-state index contributed by atoms with van der Waals surface area (Å²) in [6.45, 7) is 1.16. The Labute approximate surface area is 214 Å². The van der Waals surface area contributed by atoms with E-state index in [0.29, 0.717) is 18.7 Å². The minimum Gasteiger partial charge on any atom is -0.497 e. The first-order valence-corrected chi connectivity index (χ1v) is 12.7. The molecule has 0 atom stereocenters. The van der Waals surface area contributed by atoms with Crippen LogP contribution in [-0.4, -0.2) is 27.6 Å². The number of imidazole rings is 1. The summed E-state index contributed by atoms with van der Waals surface area (Å²) in [5.41, 5.74) is 5.71. The maximum Gasteiger partial charge on any atom is 0.251 e. The summed E-state index contributed by atoms with van der Waals surface area (Å²) in [6, 6.07) is 29.6. The highest BCUT2D eigenvalue weighted by Gasteiger charge is 2.13. The van der Waals surface area contributed by atoms with Crippen LogP contribution in [0.5, 0.6) is 5.75 Å². The molecule has 1 amide bonds. The lowest BCUT2D eigenvalue weighted by Crippen LogP contribution is -2.22. The van der Waals surface area contributed by atoms with Crippen LogP contribution in [0.25, 0.3) is 11.2 Å². The zero-order valence-electron chi connectivity index (χ0n) is 19.9. The second-order valence-corrected chi connectivity index (χ2v) is 9.27. The van der Waals surface area contributed by atoms with Crippen LogP contribution in [0, 0.1) is 0 Å². The van der Waals surface area contributed by atoms with Gasteiger partial charge in [0, 0.05) is 24.1 Å². The minimum absolute atomic E-state index is 0.104. The van der Waals surface area contributed by atoms with Crippen molar-refractivity contribution < 1.29 is 9.53 Å². The Morgan fingerprint density at radius 3 is 2.53 bits per heavy atom. The van der Waals surface area contributed by atoms with E-state index in [1.807, 2.05) is 78.9 Å². The van der Waals surface area contributed by atoms with Crippen molar-refractivity contribution in [3.63, 3.8) is 0 Å². The summed E-state index contributed by atoms with van der Waals surface area (Å²) in [5, 5.41) is 3.89. The summed E-state index contributed by atoms with van der Waals surface area (Å²) in [6.07, 6.45) is 1.80. The van der Waals surface area contributed by atoms with Gasteiger partial charge in [-0.05, 0) is 53.1 Å². The molecule has 1 N–H and O–H groups in total. The quantitative estimate of drug-likeness (QED) is 0.266. The Morgan fingerprint density at radius 1 is 0.917 bits per heavy atom. The monoisotopic (exact) mass is 494 g/mol. The van der Waals surface area contributed by atoms with Crippen molar-refractivity contribution in [1.82, 2.24) is 19.9 Å². The van der Waals surface area contributed by atoms with Crippen LogP contribution >= 0.6 is 11.8 Å². The molecule has 0 radical (unpaired) electrons. The van der Waals surface area contributed by atoms with Crippen LogP contribution < -0.4 is 10.1 Å². The van der Waals surface area contributed by atoms with Crippen LogP contribution in [-0.2, 0) is 18.8 Å². The van der Waals surface area contributed by atoms with E-state index in [2.05, 4.69) is 27.0 Å². The molecule has 0 aliphatic rings. The molecule has 0 bridgehead atoms. The number of carbonyl (C=O) groups is 1.